The molecule has 3 nitrogen and oxygen atoms in total. The van der Waals surface area contributed by atoms with E-state index in [0.29, 0.717) is 0 Å². The molecular formula is C13H15NO2. The van der Waals surface area contributed by atoms with Crippen LogP contribution >= 0.6 is 0 Å². The van der Waals surface area contributed by atoms with Crippen molar-refractivity contribution in [3.63, 3.8) is 0 Å². The highest BCUT2D eigenvalue weighted by molar-refractivity contribution is 5.81. The van der Waals surface area contributed by atoms with Gasteiger partial charge in [0.2, 0.25) is 5.91 Å². The summed E-state index contributed by atoms with van der Waals surface area (Å²) >= 11 is 0. The fourth-order valence-electron chi connectivity index (χ4n) is 3.03. The maximum absolute atomic E-state index is 11.8. The van der Waals surface area contributed by atoms with E-state index in [9.17, 15) is 9.90 Å². The summed E-state index contributed by atoms with van der Waals surface area (Å²) in [6, 6.07) is 9.56. The van der Waals surface area contributed by atoms with Gasteiger partial charge in [-0.1, -0.05) is 30.3 Å². The van der Waals surface area contributed by atoms with Gasteiger partial charge in [-0.25, -0.2) is 0 Å². The van der Waals surface area contributed by atoms with Crippen LogP contribution in [0.15, 0.2) is 30.3 Å². The number of carbonyl (C=O) groups excluding carboxylic acids is 1. The van der Waals surface area contributed by atoms with Crippen molar-refractivity contribution < 1.29 is 9.90 Å². The van der Waals surface area contributed by atoms with Crippen molar-refractivity contribution in [1.82, 2.24) is 4.90 Å². The summed E-state index contributed by atoms with van der Waals surface area (Å²) in [4.78, 5) is 13.7. The third kappa shape index (κ3) is 1.21. The van der Waals surface area contributed by atoms with Crippen molar-refractivity contribution >= 4 is 5.91 Å². The van der Waals surface area contributed by atoms with E-state index in [1.165, 1.54) is 0 Å². The van der Waals surface area contributed by atoms with Crippen LogP contribution in [0.1, 0.15) is 24.8 Å². The van der Waals surface area contributed by atoms with Gasteiger partial charge in [-0.3, -0.25) is 4.79 Å². The molecule has 1 aromatic carbocycles. The van der Waals surface area contributed by atoms with Crippen LogP contribution in [-0.2, 0) is 10.4 Å². The Labute approximate surface area is 94.7 Å². The Morgan fingerprint density at radius 1 is 1.31 bits per heavy atom. The maximum Gasteiger partial charge on any atom is 0.226 e. The molecule has 16 heavy (non-hydrogen) atoms. The number of amides is 1. The molecule has 1 N–H and O–H groups in total. The first-order valence-corrected chi connectivity index (χ1v) is 5.79. The Morgan fingerprint density at radius 2 is 2.06 bits per heavy atom. The summed E-state index contributed by atoms with van der Waals surface area (Å²) in [5, 5.41) is 10.7. The Morgan fingerprint density at radius 3 is 2.81 bits per heavy atom. The topological polar surface area (TPSA) is 40.5 Å². The molecule has 0 unspecified atom stereocenters. The van der Waals surface area contributed by atoms with Crippen LogP contribution in [0.5, 0.6) is 0 Å². The number of hydrogen-bond acceptors (Lipinski definition) is 2. The quantitative estimate of drug-likeness (QED) is 0.769. The van der Waals surface area contributed by atoms with Crippen LogP contribution in [-0.4, -0.2) is 28.5 Å². The molecule has 2 aliphatic heterocycles. The molecule has 0 bridgehead atoms. The SMILES string of the molecule is O=C1C[C@](O)(c2ccccc2)[C@@H]2CCCN12. The lowest BCUT2D eigenvalue weighted by Crippen LogP contribution is -2.38. The molecule has 2 heterocycles. The van der Waals surface area contributed by atoms with E-state index in [1.54, 1.807) is 0 Å². The monoisotopic (exact) mass is 217 g/mol. The number of fused-ring (bicyclic) bond motifs is 1. The van der Waals surface area contributed by atoms with Crippen molar-refractivity contribution in [3.05, 3.63) is 35.9 Å². The molecular weight excluding hydrogens is 202 g/mol. The van der Waals surface area contributed by atoms with E-state index in [4.69, 9.17) is 0 Å². The average molecular weight is 217 g/mol. The predicted octanol–water partition coefficient (Wildman–Crippen LogP) is 1.27. The zero-order valence-corrected chi connectivity index (χ0v) is 9.10. The first kappa shape index (κ1) is 9.85. The summed E-state index contributed by atoms with van der Waals surface area (Å²) in [7, 11) is 0. The Bertz CT molecular complexity index is 417. The molecule has 0 spiro atoms. The highest BCUT2D eigenvalue weighted by atomic mass is 16.3. The number of aliphatic hydroxyl groups is 1. The van der Waals surface area contributed by atoms with Gasteiger partial charge in [0.1, 0.15) is 5.60 Å². The van der Waals surface area contributed by atoms with Gasteiger partial charge in [-0.2, -0.15) is 0 Å². The lowest BCUT2D eigenvalue weighted by molar-refractivity contribution is -0.128. The fourth-order valence-corrected chi connectivity index (χ4v) is 3.03. The number of nitrogens with zero attached hydrogens (tertiary/aromatic N) is 1. The second-order valence-corrected chi connectivity index (χ2v) is 4.71. The van der Waals surface area contributed by atoms with E-state index in [1.807, 2.05) is 35.2 Å². The molecule has 1 amide bonds. The number of carbonyl (C=O) groups is 1. The lowest BCUT2D eigenvalue weighted by atomic mass is 9.85. The molecule has 2 aliphatic rings. The summed E-state index contributed by atoms with van der Waals surface area (Å²) < 4.78 is 0. The molecule has 0 aromatic heterocycles. The van der Waals surface area contributed by atoms with Gasteiger partial charge >= 0.3 is 0 Å². The second-order valence-electron chi connectivity index (χ2n) is 4.71. The normalized spacial score (nSPS) is 33.2. The molecule has 0 aliphatic carbocycles. The predicted molar refractivity (Wildman–Crippen MR) is 59.7 cm³/mol. The van der Waals surface area contributed by atoms with Gasteiger partial charge in [0.15, 0.2) is 0 Å². The average Bonchev–Trinajstić information content (AvgIpc) is 2.86. The summed E-state index contributed by atoms with van der Waals surface area (Å²) in [6.07, 6.45) is 2.16. The molecule has 0 radical (unpaired) electrons. The highest BCUT2D eigenvalue weighted by Crippen LogP contribution is 2.43. The van der Waals surface area contributed by atoms with E-state index in [0.717, 1.165) is 24.9 Å². The summed E-state index contributed by atoms with van der Waals surface area (Å²) in [6.45, 7) is 0.804. The minimum atomic E-state index is -0.963. The third-order valence-corrected chi connectivity index (χ3v) is 3.82. The van der Waals surface area contributed by atoms with Crippen molar-refractivity contribution in [2.75, 3.05) is 6.54 Å². The third-order valence-electron chi connectivity index (χ3n) is 3.82. The molecule has 2 fully saturated rings. The molecule has 0 saturated carbocycles. The first-order chi connectivity index (χ1) is 7.72. The zero-order chi connectivity index (χ0) is 11.2. The molecule has 2 atom stereocenters. The maximum atomic E-state index is 11.8. The summed E-state index contributed by atoms with van der Waals surface area (Å²) in [5.74, 6) is 0.0915. The Hall–Kier alpha value is -1.35. The lowest BCUT2D eigenvalue weighted by Gasteiger charge is -2.29. The number of benzene rings is 1. The first-order valence-electron chi connectivity index (χ1n) is 5.79. The van der Waals surface area contributed by atoms with E-state index >= 15 is 0 Å². The van der Waals surface area contributed by atoms with Crippen molar-refractivity contribution in [2.24, 2.45) is 0 Å². The van der Waals surface area contributed by atoms with E-state index in [2.05, 4.69) is 0 Å². The van der Waals surface area contributed by atoms with Gasteiger partial charge in [0.05, 0.1) is 12.5 Å². The molecule has 2 saturated heterocycles. The van der Waals surface area contributed by atoms with Gasteiger partial charge < -0.3 is 10.0 Å². The van der Waals surface area contributed by atoms with Crippen LogP contribution in [0.4, 0.5) is 0 Å². The number of rotatable bonds is 1. The molecule has 84 valence electrons. The van der Waals surface area contributed by atoms with E-state index < -0.39 is 5.60 Å². The number of hydrogen-bond donors (Lipinski definition) is 1. The van der Waals surface area contributed by atoms with Crippen LogP contribution in [0.3, 0.4) is 0 Å². The molecule has 1 aromatic rings. The standard InChI is InChI=1S/C13H15NO2/c15-12-9-13(16,10-5-2-1-3-6-10)11-7-4-8-14(11)12/h1-3,5-6,11,16H,4,7-9H2/t11-,13-/m0/s1. The molecule has 3 rings (SSSR count). The fraction of sp³-hybridized carbons (Fsp3) is 0.462. The second kappa shape index (κ2) is 3.32. The highest BCUT2D eigenvalue weighted by Gasteiger charge is 2.53. The van der Waals surface area contributed by atoms with Crippen molar-refractivity contribution in [3.8, 4) is 0 Å². The van der Waals surface area contributed by atoms with E-state index in [-0.39, 0.29) is 18.4 Å². The molecule has 3 heteroatoms. The minimum Gasteiger partial charge on any atom is -0.382 e. The Kier molecular flexibility index (Phi) is 2.04. The smallest absolute Gasteiger partial charge is 0.226 e. The van der Waals surface area contributed by atoms with Gasteiger partial charge in [0.25, 0.3) is 0 Å². The van der Waals surface area contributed by atoms with Crippen LogP contribution in [0, 0.1) is 0 Å². The van der Waals surface area contributed by atoms with Gasteiger partial charge in [0, 0.05) is 6.54 Å². The minimum absolute atomic E-state index is 0.0117. The van der Waals surface area contributed by atoms with Crippen molar-refractivity contribution in [2.45, 2.75) is 30.9 Å². The van der Waals surface area contributed by atoms with Gasteiger partial charge in [-0.15, -0.1) is 0 Å². The Balaban J connectivity index is 2.03. The zero-order valence-electron chi connectivity index (χ0n) is 9.10. The summed E-state index contributed by atoms with van der Waals surface area (Å²) in [5.41, 5.74) is -0.0905. The largest absolute Gasteiger partial charge is 0.382 e. The van der Waals surface area contributed by atoms with Crippen LogP contribution in [0.2, 0.25) is 0 Å². The van der Waals surface area contributed by atoms with Gasteiger partial charge in [-0.05, 0) is 18.4 Å². The van der Waals surface area contributed by atoms with Crippen LogP contribution < -0.4 is 0 Å². The van der Waals surface area contributed by atoms with Crippen molar-refractivity contribution in [1.29, 1.82) is 0 Å². The van der Waals surface area contributed by atoms with Crippen LogP contribution in [0.25, 0.3) is 0 Å².